The number of fused-ring (bicyclic) bond motifs is 1. The molecular formula is C18H25N3O2. The highest BCUT2D eigenvalue weighted by atomic mass is 16.5. The molecule has 0 radical (unpaired) electrons. The summed E-state index contributed by atoms with van der Waals surface area (Å²) in [4.78, 5) is 16.6. The van der Waals surface area contributed by atoms with Crippen LogP contribution >= 0.6 is 0 Å². The maximum atomic E-state index is 11.9. The molecule has 2 heterocycles. The van der Waals surface area contributed by atoms with Gasteiger partial charge in [0.1, 0.15) is 5.75 Å². The zero-order valence-electron chi connectivity index (χ0n) is 13.8. The van der Waals surface area contributed by atoms with Crippen molar-refractivity contribution in [2.45, 2.75) is 6.42 Å². The molecule has 1 N–H and O–H groups in total. The van der Waals surface area contributed by atoms with E-state index in [2.05, 4.69) is 28.2 Å². The molecule has 0 spiro atoms. The Bertz CT molecular complexity index is 578. The van der Waals surface area contributed by atoms with E-state index in [0.29, 0.717) is 6.54 Å². The summed E-state index contributed by atoms with van der Waals surface area (Å²) in [5.41, 5.74) is 2.27. The average Bonchev–Trinajstić information content (AvgIpc) is 3.02. The number of nitrogens with one attached hydrogen (secondary N) is 1. The maximum absolute atomic E-state index is 11.9. The number of hydrogen-bond acceptors (Lipinski definition) is 4. The number of amides is 1. The number of benzene rings is 1. The lowest BCUT2D eigenvalue weighted by molar-refractivity contribution is -0.116. The predicted octanol–water partition coefficient (Wildman–Crippen LogP) is 0.998. The number of hydrogen-bond donors (Lipinski definition) is 1. The van der Waals surface area contributed by atoms with Gasteiger partial charge in [0.15, 0.2) is 0 Å². The number of carbonyl (C=O) groups is 1. The largest absolute Gasteiger partial charge is 0.493 e. The van der Waals surface area contributed by atoms with E-state index in [9.17, 15) is 4.79 Å². The molecule has 23 heavy (non-hydrogen) atoms. The lowest BCUT2D eigenvalue weighted by atomic mass is 10.1. The van der Waals surface area contributed by atoms with Gasteiger partial charge < -0.3 is 15.0 Å². The highest BCUT2D eigenvalue weighted by molar-refractivity contribution is 5.91. The normalized spacial score (nSPS) is 18.8. The van der Waals surface area contributed by atoms with E-state index in [-0.39, 0.29) is 5.91 Å². The Kier molecular flexibility index (Phi) is 5.31. The molecule has 0 atom stereocenters. The minimum Gasteiger partial charge on any atom is -0.493 e. The monoisotopic (exact) mass is 315 g/mol. The van der Waals surface area contributed by atoms with Crippen LogP contribution in [0.15, 0.2) is 24.3 Å². The lowest BCUT2D eigenvalue weighted by Crippen LogP contribution is -2.46. The minimum atomic E-state index is -0.0316. The molecule has 0 aromatic heterocycles. The van der Waals surface area contributed by atoms with Crippen molar-refractivity contribution in [3.8, 4) is 5.75 Å². The van der Waals surface area contributed by atoms with E-state index < -0.39 is 0 Å². The topological polar surface area (TPSA) is 44.8 Å². The van der Waals surface area contributed by atoms with Gasteiger partial charge >= 0.3 is 0 Å². The van der Waals surface area contributed by atoms with E-state index in [1.807, 2.05) is 18.2 Å². The molecule has 5 nitrogen and oxygen atoms in total. The summed E-state index contributed by atoms with van der Waals surface area (Å²) in [7, 11) is 2.15. The van der Waals surface area contributed by atoms with Gasteiger partial charge in [-0.05, 0) is 36.4 Å². The van der Waals surface area contributed by atoms with E-state index in [1.165, 1.54) is 5.56 Å². The molecule has 5 heteroatoms. The standard InChI is InChI=1S/C18H25N3O2/c1-20-9-11-21(12-10-20)8-7-19-18(22)5-3-15-2-4-17-16(14-15)6-13-23-17/h2-5,14H,6-13H2,1H3,(H,19,22)/b5-3-. The van der Waals surface area contributed by atoms with Crippen molar-refractivity contribution in [1.29, 1.82) is 0 Å². The molecule has 124 valence electrons. The molecule has 1 amide bonds. The van der Waals surface area contributed by atoms with Crippen molar-refractivity contribution in [1.82, 2.24) is 15.1 Å². The lowest BCUT2D eigenvalue weighted by Gasteiger charge is -2.32. The van der Waals surface area contributed by atoms with Crippen molar-refractivity contribution in [2.75, 3.05) is 52.9 Å². The van der Waals surface area contributed by atoms with Crippen LogP contribution in [0.2, 0.25) is 0 Å². The minimum absolute atomic E-state index is 0.0316. The molecule has 2 aliphatic heterocycles. The van der Waals surface area contributed by atoms with Gasteiger partial charge in [0.2, 0.25) is 5.91 Å². The molecule has 3 rings (SSSR count). The summed E-state index contributed by atoms with van der Waals surface area (Å²) in [6, 6.07) is 6.06. The van der Waals surface area contributed by atoms with Crippen molar-refractivity contribution < 1.29 is 9.53 Å². The summed E-state index contributed by atoms with van der Waals surface area (Å²) in [5, 5.41) is 2.96. The summed E-state index contributed by atoms with van der Waals surface area (Å²) >= 11 is 0. The second kappa shape index (κ2) is 7.62. The van der Waals surface area contributed by atoms with Crippen LogP contribution in [0, 0.1) is 0 Å². The Balaban J connectivity index is 1.40. The summed E-state index contributed by atoms with van der Waals surface area (Å²) in [6.07, 6.45) is 4.43. The predicted molar refractivity (Wildman–Crippen MR) is 91.6 cm³/mol. The maximum Gasteiger partial charge on any atom is 0.244 e. The number of carbonyl (C=O) groups excluding carboxylic acids is 1. The third-order valence-electron chi connectivity index (χ3n) is 4.46. The molecule has 0 aliphatic carbocycles. The quantitative estimate of drug-likeness (QED) is 0.824. The van der Waals surface area contributed by atoms with Gasteiger partial charge in [0.05, 0.1) is 6.61 Å². The van der Waals surface area contributed by atoms with Gasteiger partial charge in [-0.15, -0.1) is 0 Å². The van der Waals surface area contributed by atoms with E-state index >= 15 is 0 Å². The Hall–Kier alpha value is -1.85. The number of nitrogens with zero attached hydrogens (tertiary/aromatic N) is 2. The van der Waals surface area contributed by atoms with Crippen LogP contribution in [0.5, 0.6) is 5.75 Å². The van der Waals surface area contributed by atoms with Gasteiger partial charge in [-0.25, -0.2) is 0 Å². The molecule has 0 saturated carbocycles. The fourth-order valence-corrected chi connectivity index (χ4v) is 2.95. The van der Waals surface area contributed by atoms with E-state index in [0.717, 1.165) is 57.1 Å². The van der Waals surface area contributed by atoms with Crippen LogP contribution in [0.3, 0.4) is 0 Å². The smallest absolute Gasteiger partial charge is 0.244 e. The fraction of sp³-hybridized carbons (Fsp3) is 0.500. The van der Waals surface area contributed by atoms with Gasteiger partial charge in [0.25, 0.3) is 0 Å². The van der Waals surface area contributed by atoms with Crippen molar-refractivity contribution in [3.05, 3.63) is 35.4 Å². The first-order valence-corrected chi connectivity index (χ1v) is 8.33. The number of ether oxygens (including phenoxy) is 1. The molecule has 0 bridgehead atoms. The Morgan fingerprint density at radius 2 is 2.13 bits per heavy atom. The molecule has 0 unspecified atom stereocenters. The van der Waals surface area contributed by atoms with E-state index in [1.54, 1.807) is 6.08 Å². The van der Waals surface area contributed by atoms with Gasteiger partial charge in [0, 0.05) is 51.8 Å². The summed E-state index contributed by atoms with van der Waals surface area (Å²) in [5.74, 6) is 0.939. The fourth-order valence-electron chi connectivity index (χ4n) is 2.95. The van der Waals surface area contributed by atoms with Gasteiger partial charge in [-0.2, -0.15) is 0 Å². The Labute approximate surface area is 137 Å². The third-order valence-corrected chi connectivity index (χ3v) is 4.46. The number of likely N-dealkylation sites (N-methyl/N-ethyl adjacent to an activating group) is 1. The first-order valence-electron chi connectivity index (χ1n) is 8.33. The Morgan fingerprint density at radius 3 is 2.96 bits per heavy atom. The van der Waals surface area contributed by atoms with E-state index in [4.69, 9.17) is 4.74 Å². The van der Waals surface area contributed by atoms with Crippen LogP contribution in [-0.4, -0.2) is 68.6 Å². The zero-order valence-corrected chi connectivity index (χ0v) is 13.8. The van der Waals surface area contributed by atoms with Crippen molar-refractivity contribution in [2.24, 2.45) is 0 Å². The van der Waals surface area contributed by atoms with Crippen LogP contribution in [-0.2, 0) is 11.2 Å². The van der Waals surface area contributed by atoms with Crippen LogP contribution < -0.4 is 10.1 Å². The highest BCUT2D eigenvalue weighted by Gasteiger charge is 2.13. The zero-order chi connectivity index (χ0) is 16.1. The molecular weight excluding hydrogens is 290 g/mol. The van der Waals surface area contributed by atoms with Crippen LogP contribution in [0.1, 0.15) is 11.1 Å². The SMILES string of the molecule is CN1CCN(CCNC(=O)/C=C\c2ccc3c(c2)CCO3)CC1. The molecule has 1 saturated heterocycles. The number of piperazine rings is 1. The van der Waals surface area contributed by atoms with Crippen LogP contribution in [0.4, 0.5) is 0 Å². The molecule has 1 aromatic carbocycles. The van der Waals surface area contributed by atoms with Crippen LogP contribution in [0.25, 0.3) is 6.08 Å². The van der Waals surface area contributed by atoms with Crippen molar-refractivity contribution in [3.63, 3.8) is 0 Å². The van der Waals surface area contributed by atoms with Gasteiger partial charge in [-0.3, -0.25) is 9.69 Å². The average molecular weight is 315 g/mol. The van der Waals surface area contributed by atoms with Crippen molar-refractivity contribution >= 4 is 12.0 Å². The molecule has 1 fully saturated rings. The first-order chi connectivity index (χ1) is 11.2. The number of rotatable bonds is 5. The second-order valence-corrected chi connectivity index (χ2v) is 6.23. The van der Waals surface area contributed by atoms with Gasteiger partial charge in [-0.1, -0.05) is 6.07 Å². The molecule has 2 aliphatic rings. The summed E-state index contributed by atoms with van der Waals surface area (Å²) < 4.78 is 5.49. The summed E-state index contributed by atoms with van der Waals surface area (Å²) in [6.45, 7) is 6.76. The highest BCUT2D eigenvalue weighted by Crippen LogP contribution is 2.26. The third kappa shape index (κ3) is 4.56. The second-order valence-electron chi connectivity index (χ2n) is 6.23. The molecule has 1 aromatic rings. The first kappa shape index (κ1) is 16.0. The Morgan fingerprint density at radius 1 is 1.30 bits per heavy atom.